The molecule has 0 aromatic heterocycles. The van der Waals surface area contributed by atoms with Gasteiger partial charge in [0, 0.05) is 11.9 Å². The van der Waals surface area contributed by atoms with E-state index in [1.165, 1.54) is 11.1 Å². The van der Waals surface area contributed by atoms with Gasteiger partial charge in [-0.15, -0.1) is 0 Å². The predicted molar refractivity (Wildman–Crippen MR) is 148 cm³/mol. The Kier molecular flexibility index (Phi) is 8.14. The highest BCUT2D eigenvalue weighted by Crippen LogP contribution is 2.42. The molecule has 0 amide bonds. The second-order valence-corrected chi connectivity index (χ2v) is 10.4. The molecule has 0 bridgehead atoms. The van der Waals surface area contributed by atoms with E-state index in [0.717, 1.165) is 56.3 Å². The maximum absolute atomic E-state index is 11.4. The molecule has 1 atom stereocenters. The van der Waals surface area contributed by atoms with Crippen LogP contribution >= 0.6 is 0 Å². The lowest BCUT2D eigenvalue weighted by molar-refractivity contribution is -0.147. The first-order valence-electron chi connectivity index (χ1n) is 13.1. The molecule has 0 radical (unpaired) electrons. The van der Waals surface area contributed by atoms with Gasteiger partial charge in [0.2, 0.25) is 0 Å². The van der Waals surface area contributed by atoms with Gasteiger partial charge in [-0.05, 0) is 56.4 Å². The third-order valence-electron chi connectivity index (χ3n) is 7.30. The van der Waals surface area contributed by atoms with Gasteiger partial charge >= 0.3 is 5.97 Å². The number of carboxylic acids is 1. The summed E-state index contributed by atoms with van der Waals surface area (Å²) in [5.74, 6) is -0.706. The molecule has 1 unspecified atom stereocenters. The Hall–Kier alpha value is -3.53. The molecule has 4 nitrogen and oxygen atoms in total. The van der Waals surface area contributed by atoms with Crippen molar-refractivity contribution < 1.29 is 9.90 Å². The number of nitrogens with zero attached hydrogens (tertiary/aromatic N) is 1. The quantitative estimate of drug-likeness (QED) is 0.259. The van der Waals surface area contributed by atoms with E-state index in [9.17, 15) is 9.90 Å². The maximum Gasteiger partial charge on any atom is 0.309 e. The second-order valence-electron chi connectivity index (χ2n) is 10.4. The van der Waals surface area contributed by atoms with Gasteiger partial charge in [0.15, 0.2) is 0 Å². The lowest BCUT2D eigenvalue weighted by atomic mass is 9.86. The lowest BCUT2D eigenvalue weighted by Gasteiger charge is -2.41. The zero-order chi connectivity index (χ0) is 25.4. The summed E-state index contributed by atoms with van der Waals surface area (Å²) in [7, 11) is 0. The van der Waals surface area contributed by atoms with Crippen LogP contribution < -0.4 is 10.2 Å². The van der Waals surface area contributed by atoms with Crippen LogP contribution in [0, 0.1) is 5.41 Å². The molecule has 3 aromatic rings. The number of nitrogens with one attached hydrogen (secondary N) is 1. The van der Waals surface area contributed by atoms with Crippen LogP contribution in [0.1, 0.15) is 69.9 Å². The third kappa shape index (κ3) is 5.81. The molecule has 0 saturated carbocycles. The van der Waals surface area contributed by atoms with Crippen LogP contribution in [0.2, 0.25) is 0 Å². The zero-order valence-electron chi connectivity index (χ0n) is 21.5. The van der Waals surface area contributed by atoms with Crippen molar-refractivity contribution in [2.24, 2.45) is 5.41 Å². The van der Waals surface area contributed by atoms with Crippen molar-refractivity contribution >= 4 is 17.4 Å². The van der Waals surface area contributed by atoms with Gasteiger partial charge in [0.1, 0.15) is 5.66 Å². The molecule has 188 valence electrons. The normalized spacial score (nSPS) is 17.5. The molecule has 4 rings (SSSR count). The van der Waals surface area contributed by atoms with Crippen molar-refractivity contribution in [2.75, 3.05) is 4.90 Å². The summed E-state index contributed by atoms with van der Waals surface area (Å²) in [6, 6.07) is 31.9. The molecule has 1 heterocycles. The fourth-order valence-electron chi connectivity index (χ4n) is 5.04. The van der Waals surface area contributed by atoms with E-state index in [0.29, 0.717) is 0 Å². The predicted octanol–water partition coefficient (Wildman–Crippen LogP) is 7.79. The van der Waals surface area contributed by atoms with Crippen LogP contribution in [0.5, 0.6) is 0 Å². The molecule has 0 aliphatic carbocycles. The van der Waals surface area contributed by atoms with E-state index < -0.39 is 11.4 Å². The molecule has 3 aromatic carbocycles. The molecule has 2 N–H and O–H groups in total. The van der Waals surface area contributed by atoms with Gasteiger partial charge in [-0.25, -0.2) is 0 Å². The van der Waals surface area contributed by atoms with E-state index in [2.05, 4.69) is 107 Å². The van der Waals surface area contributed by atoms with Crippen LogP contribution in [0.15, 0.2) is 97.2 Å². The van der Waals surface area contributed by atoms with Crippen LogP contribution in [0.25, 0.3) is 5.70 Å². The Labute approximate surface area is 215 Å². The van der Waals surface area contributed by atoms with Crippen molar-refractivity contribution in [3.05, 3.63) is 108 Å². The Bertz CT molecular complexity index is 1140. The monoisotopic (exact) mass is 482 g/mol. The zero-order valence-corrected chi connectivity index (χ0v) is 21.5. The van der Waals surface area contributed by atoms with E-state index in [1.807, 2.05) is 13.8 Å². The van der Waals surface area contributed by atoms with Crippen molar-refractivity contribution in [1.82, 2.24) is 5.32 Å². The lowest BCUT2D eigenvalue weighted by Crippen LogP contribution is -2.49. The SMILES string of the molecule is CC(C)(CCCCCCCC1(c2ccccc2)NC(c2ccccc2)=CN1c1ccccc1)C(=O)O. The molecular formula is C32H38N2O2. The summed E-state index contributed by atoms with van der Waals surface area (Å²) < 4.78 is 0. The number of carbonyl (C=O) groups is 1. The molecular weight excluding hydrogens is 444 g/mol. The second kappa shape index (κ2) is 11.5. The first-order chi connectivity index (χ1) is 17.4. The summed E-state index contributed by atoms with van der Waals surface area (Å²) in [4.78, 5) is 13.8. The van der Waals surface area contributed by atoms with Crippen molar-refractivity contribution in [3.63, 3.8) is 0 Å². The summed E-state index contributed by atoms with van der Waals surface area (Å²) in [5, 5.41) is 13.3. The average Bonchev–Trinajstić information content (AvgIpc) is 3.30. The van der Waals surface area contributed by atoms with E-state index in [-0.39, 0.29) is 5.66 Å². The van der Waals surface area contributed by atoms with Crippen molar-refractivity contribution in [3.8, 4) is 0 Å². The van der Waals surface area contributed by atoms with Crippen LogP contribution in [0.3, 0.4) is 0 Å². The summed E-state index contributed by atoms with van der Waals surface area (Å²) in [5.41, 5.74) is 3.70. The number of para-hydroxylation sites is 1. The number of hydrogen-bond donors (Lipinski definition) is 2. The molecule has 1 aliphatic heterocycles. The fourth-order valence-corrected chi connectivity index (χ4v) is 5.04. The van der Waals surface area contributed by atoms with Gasteiger partial charge in [0.25, 0.3) is 0 Å². The van der Waals surface area contributed by atoms with Crippen LogP contribution in [-0.4, -0.2) is 11.1 Å². The summed E-state index contributed by atoms with van der Waals surface area (Å²) >= 11 is 0. The van der Waals surface area contributed by atoms with Gasteiger partial charge in [-0.3, -0.25) is 4.79 Å². The van der Waals surface area contributed by atoms with E-state index >= 15 is 0 Å². The van der Waals surface area contributed by atoms with Crippen LogP contribution in [0.4, 0.5) is 5.69 Å². The molecule has 0 spiro atoms. The largest absolute Gasteiger partial charge is 0.481 e. The Morgan fingerprint density at radius 2 is 1.36 bits per heavy atom. The fraction of sp³-hybridized carbons (Fsp3) is 0.344. The molecule has 0 saturated heterocycles. The standard InChI is InChI=1S/C32H38N2O2/c1-31(2,30(35)36)23-15-4-3-5-16-24-32(27-19-11-7-12-20-27)33-29(26-17-9-6-10-18-26)25-34(32)28-21-13-8-14-22-28/h6-14,17-22,25,33H,3-5,15-16,23-24H2,1-2H3,(H,35,36). The van der Waals surface area contributed by atoms with Gasteiger partial charge in [0.05, 0.1) is 11.1 Å². The number of carboxylic acid groups (broad SMARTS) is 1. The highest BCUT2D eigenvalue weighted by atomic mass is 16.4. The smallest absolute Gasteiger partial charge is 0.309 e. The average molecular weight is 483 g/mol. The number of aliphatic carboxylic acids is 1. The van der Waals surface area contributed by atoms with Crippen molar-refractivity contribution in [2.45, 2.75) is 64.5 Å². The Morgan fingerprint density at radius 3 is 2.00 bits per heavy atom. The molecule has 0 fully saturated rings. The van der Waals surface area contributed by atoms with Gasteiger partial charge < -0.3 is 15.3 Å². The molecule has 1 aliphatic rings. The number of rotatable bonds is 12. The highest BCUT2D eigenvalue weighted by Gasteiger charge is 2.42. The minimum Gasteiger partial charge on any atom is -0.481 e. The third-order valence-corrected chi connectivity index (χ3v) is 7.30. The molecule has 4 heteroatoms. The minimum absolute atomic E-state index is 0.376. The molecule has 36 heavy (non-hydrogen) atoms. The number of hydrogen-bond acceptors (Lipinski definition) is 3. The van der Waals surface area contributed by atoms with Gasteiger partial charge in [-0.1, -0.05) is 105 Å². The maximum atomic E-state index is 11.4. The summed E-state index contributed by atoms with van der Waals surface area (Å²) in [6.45, 7) is 3.64. The first-order valence-corrected chi connectivity index (χ1v) is 13.1. The van der Waals surface area contributed by atoms with E-state index in [1.54, 1.807) is 0 Å². The summed E-state index contributed by atoms with van der Waals surface area (Å²) in [6.07, 6.45) is 9.27. The number of benzene rings is 3. The van der Waals surface area contributed by atoms with Crippen molar-refractivity contribution in [1.29, 1.82) is 0 Å². The highest BCUT2D eigenvalue weighted by molar-refractivity contribution is 5.74. The minimum atomic E-state index is -0.706. The Balaban J connectivity index is 1.52. The van der Waals surface area contributed by atoms with E-state index in [4.69, 9.17) is 0 Å². The topological polar surface area (TPSA) is 52.6 Å². The number of unbranched alkanes of at least 4 members (excludes halogenated alkanes) is 4. The first kappa shape index (κ1) is 25.6. The van der Waals surface area contributed by atoms with Crippen LogP contribution in [-0.2, 0) is 10.5 Å². The number of anilines is 1. The van der Waals surface area contributed by atoms with Gasteiger partial charge in [-0.2, -0.15) is 0 Å². The Morgan fingerprint density at radius 1 is 0.806 bits per heavy atom.